The topological polar surface area (TPSA) is 122 Å². The highest BCUT2D eigenvalue weighted by atomic mass is 79.9. The van der Waals surface area contributed by atoms with Crippen molar-refractivity contribution in [1.82, 2.24) is 4.57 Å². The van der Waals surface area contributed by atoms with Gasteiger partial charge in [0.05, 0.1) is 44.5 Å². The van der Waals surface area contributed by atoms with E-state index >= 15 is 0 Å². The summed E-state index contributed by atoms with van der Waals surface area (Å²) >= 11 is 4.60. The molecule has 0 saturated carbocycles. The van der Waals surface area contributed by atoms with E-state index in [1.54, 1.807) is 38.1 Å². The Bertz CT molecular complexity index is 2270. The molecule has 1 aliphatic heterocycles. The van der Waals surface area contributed by atoms with E-state index in [-0.39, 0.29) is 34.8 Å². The van der Waals surface area contributed by atoms with Crippen molar-refractivity contribution in [3.05, 3.63) is 141 Å². The molecule has 0 bridgehead atoms. The van der Waals surface area contributed by atoms with Gasteiger partial charge in [-0.1, -0.05) is 65.9 Å². The highest BCUT2D eigenvalue weighted by molar-refractivity contribution is 9.10. The fraction of sp³-hybridized carbons (Fsp3) is 0.194. The van der Waals surface area contributed by atoms with Gasteiger partial charge in [-0.25, -0.2) is 9.79 Å². The number of hydrogen-bond donors (Lipinski definition) is 0. The van der Waals surface area contributed by atoms with Crippen molar-refractivity contribution in [2.45, 2.75) is 33.4 Å². The monoisotopic (exact) mass is 727 g/mol. The molecule has 5 aromatic rings. The third-order valence-electron chi connectivity index (χ3n) is 7.82. The van der Waals surface area contributed by atoms with Gasteiger partial charge in [0.25, 0.3) is 5.56 Å². The van der Waals surface area contributed by atoms with Crippen LogP contribution in [0.3, 0.4) is 0 Å². The lowest BCUT2D eigenvalue weighted by Crippen LogP contribution is -2.39. The van der Waals surface area contributed by atoms with E-state index in [4.69, 9.17) is 14.2 Å². The number of carbonyl (C=O) groups is 1. The minimum absolute atomic E-state index is 0.0803. The molecule has 1 aromatic heterocycles. The third kappa shape index (κ3) is 6.41. The van der Waals surface area contributed by atoms with Gasteiger partial charge in [0.15, 0.2) is 4.80 Å². The van der Waals surface area contributed by atoms with Crippen LogP contribution in [0.25, 0.3) is 16.8 Å². The van der Waals surface area contributed by atoms with Gasteiger partial charge in [-0.3, -0.25) is 19.5 Å². The van der Waals surface area contributed by atoms with E-state index in [0.717, 1.165) is 27.7 Å². The fourth-order valence-electron chi connectivity index (χ4n) is 5.70. The quantitative estimate of drug-likeness (QED) is 0.0903. The van der Waals surface area contributed by atoms with E-state index in [9.17, 15) is 19.7 Å². The molecular weight excluding hydrogens is 698 g/mol. The van der Waals surface area contributed by atoms with Gasteiger partial charge in [-0.05, 0) is 88.4 Å². The molecule has 1 atom stereocenters. The predicted octanol–water partition coefficient (Wildman–Crippen LogP) is 6.60. The molecule has 1 aliphatic rings. The number of benzene rings is 4. The first-order valence-corrected chi connectivity index (χ1v) is 16.8. The summed E-state index contributed by atoms with van der Waals surface area (Å²) in [6.07, 6.45) is 1.58. The number of aromatic nitrogens is 1. The standard InChI is InChI=1S/C36H30BrN3O7S/c1-4-45-26-15-13-24(14-16-26)32-31(35(42)46-5-2)21(3)38-36-39(32)34(41)30(48-36)19-22-17-28(37)33(29(18-22)40(43)44)47-20-25-11-8-10-23-9-6-7-12-27(23)25/h6-19,32H,4-5,20H2,1-3H3/b30-19-/t32-/m1/s1. The number of esters is 1. The maximum absolute atomic E-state index is 14.1. The van der Waals surface area contributed by atoms with Crippen LogP contribution in [0.5, 0.6) is 11.5 Å². The van der Waals surface area contributed by atoms with Gasteiger partial charge >= 0.3 is 11.7 Å². The number of nitro benzene ring substituents is 1. The molecule has 0 N–H and O–H groups in total. The zero-order valence-electron chi connectivity index (χ0n) is 26.3. The average Bonchev–Trinajstić information content (AvgIpc) is 3.37. The molecule has 244 valence electrons. The third-order valence-corrected chi connectivity index (χ3v) is 9.39. The SMILES string of the molecule is CCOC(=O)C1=C(C)N=c2s/c(=C\c3cc(Br)c(OCc4cccc5ccccc45)c([N+](=O)[O-])c3)c(=O)n2[C@@H]1c1ccc(OCC)cc1. The molecule has 10 nitrogen and oxygen atoms in total. The molecule has 6 rings (SSSR count). The summed E-state index contributed by atoms with van der Waals surface area (Å²) in [6, 6.07) is 23.1. The maximum atomic E-state index is 14.1. The minimum atomic E-state index is -0.802. The number of nitro groups is 1. The van der Waals surface area contributed by atoms with Crippen LogP contribution in [0.15, 0.2) is 104 Å². The van der Waals surface area contributed by atoms with Crippen LogP contribution in [0.1, 0.15) is 43.5 Å². The van der Waals surface area contributed by atoms with E-state index in [1.807, 2.05) is 61.5 Å². The van der Waals surface area contributed by atoms with Gasteiger partial charge < -0.3 is 14.2 Å². The number of halogens is 1. The van der Waals surface area contributed by atoms with E-state index in [2.05, 4.69) is 20.9 Å². The second-order valence-corrected chi connectivity index (χ2v) is 12.7. The Balaban J connectivity index is 1.41. The van der Waals surface area contributed by atoms with Crippen LogP contribution < -0.4 is 24.4 Å². The molecule has 0 amide bonds. The number of thiazole rings is 1. The molecule has 2 heterocycles. The van der Waals surface area contributed by atoms with E-state index in [0.29, 0.717) is 38.5 Å². The molecule has 12 heteroatoms. The number of fused-ring (bicyclic) bond motifs is 2. The zero-order valence-corrected chi connectivity index (χ0v) is 28.7. The smallest absolute Gasteiger partial charge is 0.338 e. The minimum Gasteiger partial charge on any atom is -0.494 e. The first-order chi connectivity index (χ1) is 23.2. The van der Waals surface area contributed by atoms with Crippen LogP contribution in [0, 0.1) is 10.1 Å². The van der Waals surface area contributed by atoms with Crippen LogP contribution in [0.2, 0.25) is 0 Å². The summed E-state index contributed by atoms with van der Waals surface area (Å²) in [5, 5.41) is 14.3. The second kappa shape index (κ2) is 14.0. The molecule has 0 spiro atoms. The summed E-state index contributed by atoms with van der Waals surface area (Å²) < 4.78 is 19.1. The Morgan fingerprint density at radius 3 is 2.52 bits per heavy atom. The highest BCUT2D eigenvalue weighted by Crippen LogP contribution is 2.38. The second-order valence-electron chi connectivity index (χ2n) is 10.8. The summed E-state index contributed by atoms with van der Waals surface area (Å²) in [5.41, 5.74) is 2.01. The Labute approximate surface area is 287 Å². The molecule has 0 aliphatic carbocycles. The largest absolute Gasteiger partial charge is 0.494 e. The Morgan fingerprint density at radius 1 is 1.04 bits per heavy atom. The van der Waals surface area contributed by atoms with Crippen LogP contribution >= 0.6 is 27.3 Å². The van der Waals surface area contributed by atoms with Gasteiger partial charge in [-0.15, -0.1) is 0 Å². The first-order valence-electron chi connectivity index (χ1n) is 15.2. The van der Waals surface area contributed by atoms with Crippen LogP contribution in [-0.4, -0.2) is 28.7 Å². The molecule has 0 unspecified atom stereocenters. The summed E-state index contributed by atoms with van der Waals surface area (Å²) in [7, 11) is 0. The number of rotatable bonds is 10. The lowest BCUT2D eigenvalue weighted by atomic mass is 9.96. The lowest BCUT2D eigenvalue weighted by molar-refractivity contribution is -0.386. The van der Waals surface area contributed by atoms with Crippen LogP contribution in [-0.2, 0) is 16.1 Å². The van der Waals surface area contributed by atoms with Gasteiger partial charge in [0.2, 0.25) is 5.75 Å². The van der Waals surface area contributed by atoms with Gasteiger partial charge in [0.1, 0.15) is 12.4 Å². The number of ether oxygens (including phenoxy) is 3. The zero-order chi connectivity index (χ0) is 33.9. The van der Waals surface area contributed by atoms with E-state index < -0.39 is 22.5 Å². The van der Waals surface area contributed by atoms with Crippen molar-refractivity contribution in [1.29, 1.82) is 0 Å². The van der Waals surface area contributed by atoms with Crippen LogP contribution in [0.4, 0.5) is 5.69 Å². The molecule has 0 fully saturated rings. The number of nitrogens with zero attached hydrogens (tertiary/aromatic N) is 3. The molecular formula is C36H30BrN3O7S. The first kappa shape index (κ1) is 32.9. The van der Waals surface area contributed by atoms with Crippen molar-refractivity contribution >= 4 is 55.8 Å². The highest BCUT2D eigenvalue weighted by Gasteiger charge is 2.33. The summed E-state index contributed by atoms with van der Waals surface area (Å²) in [6.45, 7) is 6.08. The Hall–Kier alpha value is -5.07. The maximum Gasteiger partial charge on any atom is 0.338 e. The lowest BCUT2D eigenvalue weighted by Gasteiger charge is -2.24. The van der Waals surface area contributed by atoms with Crippen molar-refractivity contribution in [2.75, 3.05) is 13.2 Å². The average molecular weight is 729 g/mol. The summed E-state index contributed by atoms with van der Waals surface area (Å²) in [5.74, 6) is 0.172. The molecule has 4 aromatic carbocycles. The Kier molecular flexibility index (Phi) is 9.56. The number of allylic oxidation sites excluding steroid dienone is 1. The molecule has 0 saturated heterocycles. The van der Waals surface area contributed by atoms with E-state index in [1.165, 1.54) is 10.6 Å². The van der Waals surface area contributed by atoms with Crippen molar-refractivity contribution < 1.29 is 23.9 Å². The number of carbonyl (C=O) groups excluding carboxylic acids is 1. The Morgan fingerprint density at radius 2 is 1.79 bits per heavy atom. The summed E-state index contributed by atoms with van der Waals surface area (Å²) in [4.78, 5) is 44.0. The molecule has 48 heavy (non-hydrogen) atoms. The van der Waals surface area contributed by atoms with Crippen molar-refractivity contribution in [3.63, 3.8) is 0 Å². The van der Waals surface area contributed by atoms with Crippen molar-refractivity contribution in [3.8, 4) is 11.5 Å². The fourth-order valence-corrected chi connectivity index (χ4v) is 7.33. The number of hydrogen-bond acceptors (Lipinski definition) is 9. The predicted molar refractivity (Wildman–Crippen MR) is 187 cm³/mol. The van der Waals surface area contributed by atoms with Gasteiger partial charge in [0, 0.05) is 6.07 Å². The normalized spacial score (nSPS) is 14.4. The van der Waals surface area contributed by atoms with Crippen molar-refractivity contribution in [2.24, 2.45) is 4.99 Å². The van der Waals surface area contributed by atoms with Gasteiger partial charge in [-0.2, -0.15) is 0 Å². The molecule has 0 radical (unpaired) electrons.